The van der Waals surface area contributed by atoms with Crippen LogP contribution in [0.15, 0.2) is 27.3 Å². The van der Waals surface area contributed by atoms with Gasteiger partial charge in [0.25, 0.3) is 0 Å². The maximum Gasteiger partial charge on any atom is 0.308 e. The Bertz CT molecular complexity index is 1210. The maximum absolute atomic E-state index is 13.2. The van der Waals surface area contributed by atoms with Crippen molar-refractivity contribution in [2.75, 3.05) is 56.6 Å². The number of piperidine rings is 1. The summed E-state index contributed by atoms with van der Waals surface area (Å²) in [5.41, 5.74) is 0.840. The number of hydrogen-bond donors (Lipinski definition) is 2. The zero-order valence-electron chi connectivity index (χ0n) is 20.3. The molecule has 0 bridgehead atoms. The van der Waals surface area contributed by atoms with Gasteiger partial charge in [0.15, 0.2) is 5.13 Å². The van der Waals surface area contributed by atoms with E-state index in [0.29, 0.717) is 53.4 Å². The van der Waals surface area contributed by atoms with Crippen molar-refractivity contribution in [3.63, 3.8) is 0 Å². The molecule has 1 amide bonds. The van der Waals surface area contributed by atoms with E-state index in [1.54, 1.807) is 17.6 Å². The standard InChI is InChI=1S/C24H28Cl2N6O3S2/c1-35-23(34)14-2-6-31(7-3-14)20-17(26)10-15(12-28-20)21(33)30-24-29-19(18-11-16(25)13-36-18)22(37-24)32-8-4-27-5-9-32/h11-15,27H,2-10H2,1H3,(H,29,30,33). The number of piperazine rings is 1. The molecule has 3 aliphatic heterocycles. The number of likely N-dealkylation sites (tertiary alicyclic amines) is 1. The Balaban J connectivity index is 1.26. The van der Waals surface area contributed by atoms with Crippen LogP contribution >= 0.6 is 45.9 Å². The zero-order valence-corrected chi connectivity index (χ0v) is 23.5. The highest BCUT2D eigenvalue weighted by atomic mass is 35.5. The lowest BCUT2D eigenvalue weighted by molar-refractivity contribution is -0.146. The van der Waals surface area contributed by atoms with Gasteiger partial charge in [-0.1, -0.05) is 34.5 Å². The number of amides is 1. The number of rotatable bonds is 6. The van der Waals surface area contributed by atoms with E-state index < -0.39 is 5.92 Å². The summed E-state index contributed by atoms with van der Waals surface area (Å²) in [6.45, 7) is 4.88. The third kappa shape index (κ3) is 5.96. The first kappa shape index (κ1) is 26.4. The van der Waals surface area contributed by atoms with Gasteiger partial charge >= 0.3 is 5.97 Å². The van der Waals surface area contributed by atoms with E-state index in [2.05, 4.69) is 25.4 Å². The fourth-order valence-electron chi connectivity index (χ4n) is 4.72. The van der Waals surface area contributed by atoms with Crippen molar-refractivity contribution in [1.82, 2.24) is 15.2 Å². The van der Waals surface area contributed by atoms with Gasteiger partial charge in [-0.15, -0.1) is 11.3 Å². The normalized spacial score (nSPS) is 20.9. The lowest BCUT2D eigenvalue weighted by Crippen LogP contribution is -2.43. The Labute approximate surface area is 233 Å². The minimum Gasteiger partial charge on any atom is -0.469 e. The SMILES string of the molecule is COC(=O)C1CCN(C2=C(Cl)CC(C(=O)Nc3nc(-c4cc(Cl)cs4)c(N4CCNCC4)s3)C=N2)CC1. The van der Waals surface area contributed by atoms with Gasteiger partial charge in [0.2, 0.25) is 5.91 Å². The van der Waals surface area contributed by atoms with Crippen LogP contribution in [0.1, 0.15) is 19.3 Å². The molecule has 2 aromatic rings. The number of thiophene rings is 1. The summed E-state index contributed by atoms with van der Waals surface area (Å²) in [6, 6.07) is 1.91. The molecule has 2 fully saturated rings. The number of ether oxygens (including phenoxy) is 1. The molecule has 0 aromatic carbocycles. The van der Waals surface area contributed by atoms with Gasteiger partial charge in [0, 0.05) is 57.3 Å². The lowest BCUT2D eigenvalue weighted by Gasteiger charge is -2.34. The number of thiazole rings is 1. The van der Waals surface area contributed by atoms with Crippen LogP contribution in [-0.2, 0) is 14.3 Å². The Hall–Kier alpha value is -2.18. The summed E-state index contributed by atoms with van der Waals surface area (Å²) in [6.07, 6.45) is 3.41. The van der Waals surface area contributed by atoms with Crippen LogP contribution in [-0.4, -0.2) is 74.4 Å². The lowest BCUT2D eigenvalue weighted by atomic mass is 9.96. The van der Waals surface area contributed by atoms with E-state index in [0.717, 1.165) is 41.8 Å². The van der Waals surface area contributed by atoms with Gasteiger partial charge in [0.05, 0.1) is 33.9 Å². The summed E-state index contributed by atoms with van der Waals surface area (Å²) in [7, 11) is 1.42. The molecule has 198 valence electrons. The molecule has 5 rings (SSSR count). The van der Waals surface area contributed by atoms with Crippen molar-refractivity contribution in [2.45, 2.75) is 19.3 Å². The van der Waals surface area contributed by atoms with Crippen molar-refractivity contribution in [1.29, 1.82) is 0 Å². The van der Waals surface area contributed by atoms with E-state index in [1.165, 1.54) is 18.4 Å². The molecule has 0 radical (unpaired) electrons. The molecule has 2 saturated heterocycles. The zero-order chi connectivity index (χ0) is 25.9. The number of hydrogen-bond acceptors (Lipinski definition) is 10. The highest BCUT2D eigenvalue weighted by molar-refractivity contribution is 7.21. The number of aromatic nitrogens is 1. The quantitative estimate of drug-likeness (QED) is 0.491. The topological polar surface area (TPSA) is 99.2 Å². The van der Waals surface area contributed by atoms with Crippen LogP contribution in [0.2, 0.25) is 5.02 Å². The van der Waals surface area contributed by atoms with Gasteiger partial charge in [-0.3, -0.25) is 9.59 Å². The number of methoxy groups -OCH3 is 1. The van der Waals surface area contributed by atoms with Crippen LogP contribution < -0.4 is 15.5 Å². The predicted octanol–water partition coefficient (Wildman–Crippen LogP) is 4.26. The number of anilines is 2. The van der Waals surface area contributed by atoms with Crippen molar-refractivity contribution in [2.24, 2.45) is 16.8 Å². The van der Waals surface area contributed by atoms with Gasteiger partial charge < -0.3 is 25.2 Å². The molecule has 9 nitrogen and oxygen atoms in total. The molecule has 1 unspecified atom stereocenters. The van der Waals surface area contributed by atoms with Crippen molar-refractivity contribution in [3.05, 3.63) is 27.3 Å². The molecule has 0 saturated carbocycles. The van der Waals surface area contributed by atoms with Gasteiger partial charge in [-0.2, -0.15) is 0 Å². The summed E-state index contributed by atoms with van der Waals surface area (Å²) >= 11 is 15.8. The number of nitrogens with zero attached hydrogens (tertiary/aromatic N) is 4. The highest BCUT2D eigenvalue weighted by Gasteiger charge is 2.31. The largest absolute Gasteiger partial charge is 0.469 e. The average molecular weight is 584 g/mol. The smallest absolute Gasteiger partial charge is 0.308 e. The monoisotopic (exact) mass is 582 g/mol. The van der Waals surface area contributed by atoms with Gasteiger partial charge in [-0.05, 0) is 18.9 Å². The van der Waals surface area contributed by atoms with Crippen molar-refractivity contribution < 1.29 is 14.3 Å². The van der Waals surface area contributed by atoms with E-state index in [1.807, 2.05) is 11.4 Å². The van der Waals surface area contributed by atoms with E-state index in [9.17, 15) is 9.59 Å². The minimum absolute atomic E-state index is 0.0915. The second-order valence-corrected chi connectivity index (χ2v) is 11.9. The summed E-state index contributed by atoms with van der Waals surface area (Å²) in [5.74, 6) is -0.264. The summed E-state index contributed by atoms with van der Waals surface area (Å²) in [5, 5.41) is 11.0. The molecule has 13 heteroatoms. The first-order valence-electron chi connectivity index (χ1n) is 12.2. The van der Waals surface area contributed by atoms with Gasteiger partial charge in [-0.25, -0.2) is 9.98 Å². The first-order valence-corrected chi connectivity index (χ1v) is 14.7. The number of allylic oxidation sites excluding steroid dienone is 1. The number of esters is 1. The fraction of sp³-hybridized carbons (Fsp3) is 0.500. The average Bonchev–Trinajstić information content (AvgIpc) is 3.54. The molecule has 2 aromatic heterocycles. The van der Waals surface area contributed by atoms with Crippen molar-refractivity contribution in [3.8, 4) is 10.6 Å². The second kappa shape index (κ2) is 11.7. The number of carbonyl (C=O) groups is 2. The molecule has 0 aliphatic carbocycles. The van der Waals surface area contributed by atoms with Gasteiger partial charge in [0.1, 0.15) is 16.5 Å². The molecular weight excluding hydrogens is 555 g/mol. The highest BCUT2D eigenvalue weighted by Crippen LogP contribution is 2.42. The molecular formula is C24H28Cl2N6O3S2. The predicted molar refractivity (Wildman–Crippen MR) is 150 cm³/mol. The number of nitrogens with one attached hydrogen (secondary N) is 2. The molecule has 2 N–H and O–H groups in total. The Morgan fingerprint density at radius 3 is 2.57 bits per heavy atom. The fourth-order valence-corrected chi connectivity index (χ4v) is 7.22. The Morgan fingerprint density at radius 2 is 1.92 bits per heavy atom. The maximum atomic E-state index is 13.2. The number of aliphatic imine (C=N–C) groups is 1. The Morgan fingerprint density at radius 1 is 1.16 bits per heavy atom. The van der Waals surface area contributed by atoms with Crippen LogP contribution in [0.3, 0.4) is 0 Å². The molecule has 37 heavy (non-hydrogen) atoms. The molecule has 1 atom stereocenters. The molecule has 3 aliphatic rings. The molecule has 5 heterocycles. The first-order chi connectivity index (χ1) is 17.9. The van der Waals surface area contributed by atoms with Crippen LogP contribution in [0, 0.1) is 11.8 Å². The van der Waals surface area contributed by atoms with E-state index in [4.69, 9.17) is 32.9 Å². The Kier molecular flexibility index (Phi) is 8.35. The third-order valence-electron chi connectivity index (χ3n) is 6.73. The van der Waals surface area contributed by atoms with Crippen LogP contribution in [0.5, 0.6) is 0 Å². The number of carbonyl (C=O) groups excluding carboxylic acids is 2. The number of halogens is 2. The summed E-state index contributed by atoms with van der Waals surface area (Å²) < 4.78 is 4.87. The second-order valence-electron chi connectivity index (χ2n) is 9.13. The molecule has 0 spiro atoms. The van der Waals surface area contributed by atoms with Crippen molar-refractivity contribution >= 4 is 74.1 Å². The van der Waals surface area contributed by atoms with E-state index in [-0.39, 0.29) is 17.8 Å². The third-order valence-corrected chi connectivity index (χ3v) is 9.37. The van der Waals surface area contributed by atoms with Crippen LogP contribution in [0.4, 0.5) is 10.1 Å². The minimum atomic E-state index is -0.491. The van der Waals surface area contributed by atoms with E-state index >= 15 is 0 Å². The van der Waals surface area contributed by atoms with Crippen LogP contribution in [0.25, 0.3) is 10.6 Å². The summed E-state index contributed by atoms with van der Waals surface area (Å²) in [4.78, 5) is 39.6.